The first kappa shape index (κ1) is 22.5. The number of hydrogen-bond acceptors (Lipinski definition) is 8. The van der Waals surface area contributed by atoms with Crippen molar-refractivity contribution >= 4 is 17.2 Å². The summed E-state index contributed by atoms with van der Waals surface area (Å²) in [6.07, 6.45) is 0. The number of nitrogen functional groups attached to an aromatic ring is 1. The van der Waals surface area contributed by atoms with Crippen LogP contribution in [0.5, 0.6) is 0 Å². The topological polar surface area (TPSA) is 156 Å². The van der Waals surface area contributed by atoms with Gasteiger partial charge in [-0.1, -0.05) is 36.4 Å². The molecule has 10 nitrogen and oxygen atoms in total. The number of piperazine rings is 1. The van der Waals surface area contributed by atoms with Gasteiger partial charge in [0, 0.05) is 44.4 Å². The van der Waals surface area contributed by atoms with Gasteiger partial charge in [-0.15, -0.1) is 0 Å². The van der Waals surface area contributed by atoms with Crippen molar-refractivity contribution in [1.29, 1.82) is 10.5 Å². The number of nitrogens with two attached hydrogens (primary N) is 1. The average molecular weight is 455 g/mol. The number of nitrogens with one attached hydrogen (secondary N) is 1. The van der Waals surface area contributed by atoms with E-state index in [4.69, 9.17) is 5.73 Å². The Morgan fingerprint density at radius 2 is 1.71 bits per heavy atom. The molecule has 10 heteroatoms. The van der Waals surface area contributed by atoms with Gasteiger partial charge in [0.1, 0.15) is 34.8 Å². The summed E-state index contributed by atoms with van der Waals surface area (Å²) in [5.41, 5.74) is 6.30. The Hall–Kier alpha value is -4.67. The Balaban J connectivity index is 1.65. The minimum absolute atomic E-state index is 0.00594. The molecule has 1 fully saturated rings. The van der Waals surface area contributed by atoms with Crippen molar-refractivity contribution in [3.8, 4) is 23.3 Å². The maximum atomic E-state index is 12.2. The Bertz CT molecular complexity index is 1380. The van der Waals surface area contributed by atoms with Gasteiger partial charge in [0.15, 0.2) is 0 Å². The zero-order valence-corrected chi connectivity index (χ0v) is 18.2. The second-order valence-electron chi connectivity index (χ2n) is 7.93. The first-order valence-corrected chi connectivity index (χ1v) is 10.6. The van der Waals surface area contributed by atoms with Crippen LogP contribution >= 0.6 is 0 Å². The highest BCUT2D eigenvalue weighted by Gasteiger charge is 2.26. The molecule has 0 amide bonds. The number of H-pyrrole nitrogens is 1. The minimum Gasteiger partial charge on any atom is -0.384 e. The quantitative estimate of drug-likeness (QED) is 0.439. The Morgan fingerprint density at radius 3 is 2.32 bits per heavy atom. The third kappa shape index (κ3) is 4.31. The van der Waals surface area contributed by atoms with Crippen molar-refractivity contribution in [1.82, 2.24) is 9.88 Å². The molecule has 0 saturated carbocycles. The van der Waals surface area contributed by atoms with E-state index in [0.717, 1.165) is 19.6 Å². The molecule has 3 aromatic rings. The number of pyridine rings is 1. The SMILES string of the molecule is N#Cc1c(N)[nH]c(=O)c(C#N)c1-c1ccc(N2CCN(Cc3ccccc3)CC2)c([N+](=O)[O-])c1. The number of nitrogens with zero attached hydrogens (tertiary/aromatic N) is 5. The summed E-state index contributed by atoms with van der Waals surface area (Å²) in [6.45, 7) is 3.52. The zero-order valence-electron chi connectivity index (χ0n) is 18.2. The molecule has 0 atom stereocenters. The molecule has 0 spiro atoms. The monoisotopic (exact) mass is 455 g/mol. The van der Waals surface area contributed by atoms with Crippen LogP contribution in [0.25, 0.3) is 11.1 Å². The molecule has 4 rings (SSSR count). The normalized spacial score (nSPS) is 13.8. The van der Waals surface area contributed by atoms with E-state index in [-0.39, 0.29) is 33.8 Å². The number of nitro groups is 1. The third-order valence-electron chi connectivity index (χ3n) is 5.89. The van der Waals surface area contributed by atoms with Gasteiger partial charge in [-0.2, -0.15) is 10.5 Å². The first-order valence-electron chi connectivity index (χ1n) is 10.6. The standard InChI is InChI=1S/C24H21N7O3/c25-13-18-22(19(14-26)24(32)28-23(18)27)17-6-7-20(21(12-17)31(33)34)30-10-8-29(9-11-30)15-16-4-2-1-3-5-16/h1-7,12H,8-11,15H2,(H3,27,28,32). The molecule has 1 saturated heterocycles. The van der Waals surface area contributed by atoms with Gasteiger partial charge >= 0.3 is 0 Å². The number of benzene rings is 2. The van der Waals surface area contributed by atoms with Gasteiger partial charge in [0.05, 0.1) is 4.92 Å². The fourth-order valence-electron chi connectivity index (χ4n) is 4.21. The highest BCUT2D eigenvalue weighted by atomic mass is 16.6. The molecule has 34 heavy (non-hydrogen) atoms. The molecule has 1 aliphatic rings. The lowest BCUT2D eigenvalue weighted by molar-refractivity contribution is -0.384. The summed E-state index contributed by atoms with van der Waals surface area (Å²) in [7, 11) is 0. The van der Waals surface area contributed by atoms with E-state index in [1.54, 1.807) is 18.2 Å². The van der Waals surface area contributed by atoms with Crippen molar-refractivity contribution in [2.45, 2.75) is 6.54 Å². The Kier molecular flexibility index (Phi) is 6.26. The summed E-state index contributed by atoms with van der Waals surface area (Å²) < 4.78 is 0. The molecule has 1 aliphatic heterocycles. The van der Waals surface area contributed by atoms with Crippen LogP contribution in [0.1, 0.15) is 16.7 Å². The van der Waals surface area contributed by atoms with Crippen LogP contribution in [0.15, 0.2) is 53.3 Å². The van der Waals surface area contributed by atoms with Crippen LogP contribution in [0.3, 0.4) is 0 Å². The molecule has 170 valence electrons. The Morgan fingerprint density at radius 1 is 1.03 bits per heavy atom. The van der Waals surface area contributed by atoms with Gasteiger partial charge in [0.25, 0.3) is 11.2 Å². The van der Waals surface area contributed by atoms with Crippen LogP contribution in [0.4, 0.5) is 17.2 Å². The fourth-order valence-corrected chi connectivity index (χ4v) is 4.21. The van der Waals surface area contributed by atoms with Gasteiger partial charge in [-0.3, -0.25) is 19.8 Å². The van der Waals surface area contributed by atoms with Crippen LogP contribution in [0, 0.1) is 32.8 Å². The van der Waals surface area contributed by atoms with E-state index in [1.165, 1.54) is 11.6 Å². The maximum absolute atomic E-state index is 12.2. The zero-order chi connectivity index (χ0) is 24.2. The number of rotatable bonds is 5. The van der Waals surface area contributed by atoms with Crippen LogP contribution in [-0.2, 0) is 6.54 Å². The molecule has 0 radical (unpaired) electrons. The molecule has 2 aromatic carbocycles. The summed E-state index contributed by atoms with van der Waals surface area (Å²) >= 11 is 0. The predicted molar refractivity (Wildman–Crippen MR) is 127 cm³/mol. The minimum atomic E-state index is -0.754. The second kappa shape index (κ2) is 9.45. The van der Waals surface area contributed by atoms with Crippen molar-refractivity contribution in [2.24, 2.45) is 0 Å². The van der Waals surface area contributed by atoms with E-state index in [9.17, 15) is 25.4 Å². The van der Waals surface area contributed by atoms with E-state index in [1.807, 2.05) is 29.2 Å². The summed E-state index contributed by atoms with van der Waals surface area (Å²) in [6, 6.07) is 18.3. The highest BCUT2D eigenvalue weighted by molar-refractivity contribution is 5.83. The Labute approximate surface area is 195 Å². The average Bonchev–Trinajstić information content (AvgIpc) is 2.84. The molecule has 0 unspecified atom stereocenters. The van der Waals surface area contributed by atoms with Gasteiger partial charge in [-0.25, -0.2) is 0 Å². The van der Waals surface area contributed by atoms with Gasteiger partial charge in [-0.05, 0) is 17.2 Å². The number of aromatic nitrogens is 1. The van der Waals surface area contributed by atoms with Crippen LogP contribution in [0.2, 0.25) is 0 Å². The van der Waals surface area contributed by atoms with E-state index in [0.29, 0.717) is 18.8 Å². The molecular weight excluding hydrogens is 434 g/mol. The third-order valence-corrected chi connectivity index (χ3v) is 5.89. The lowest BCUT2D eigenvalue weighted by Crippen LogP contribution is -2.46. The van der Waals surface area contributed by atoms with Crippen molar-refractivity contribution in [3.05, 3.63) is 85.7 Å². The van der Waals surface area contributed by atoms with E-state index < -0.39 is 10.5 Å². The fraction of sp³-hybridized carbons (Fsp3) is 0.208. The molecular formula is C24H21N7O3. The molecule has 0 bridgehead atoms. The summed E-state index contributed by atoms with van der Waals surface area (Å²) in [5, 5.41) is 30.9. The smallest absolute Gasteiger partial charge is 0.293 e. The summed E-state index contributed by atoms with van der Waals surface area (Å²) in [5.74, 6) is -0.192. The van der Waals surface area contributed by atoms with Crippen molar-refractivity contribution in [2.75, 3.05) is 36.8 Å². The maximum Gasteiger partial charge on any atom is 0.293 e. The largest absolute Gasteiger partial charge is 0.384 e. The van der Waals surface area contributed by atoms with Crippen molar-refractivity contribution in [3.63, 3.8) is 0 Å². The van der Waals surface area contributed by atoms with Crippen LogP contribution in [-0.4, -0.2) is 41.0 Å². The number of anilines is 2. The van der Waals surface area contributed by atoms with E-state index >= 15 is 0 Å². The van der Waals surface area contributed by atoms with Crippen molar-refractivity contribution < 1.29 is 4.92 Å². The number of nitro benzene ring substituents is 1. The highest BCUT2D eigenvalue weighted by Crippen LogP contribution is 2.36. The number of aromatic amines is 1. The first-order chi connectivity index (χ1) is 16.4. The van der Waals surface area contributed by atoms with Crippen LogP contribution < -0.4 is 16.2 Å². The van der Waals surface area contributed by atoms with E-state index in [2.05, 4.69) is 22.0 Å². The lowest BCUT2D eigenvalue weighted by atomic mass is 9.95. The summed E-state index contributed by atoms with van der Waals surface area (Å²) in [4.78, 5) is 30.2. The number of nitriles is 2. The lowest BCUT2D eigenvalue weighted by Gasteiger charge is -2.35. The number of hydrogen-bond donors (Lipinski definition) is 2. The van der Waals surface area contributed by atoms with Gasteiger partial charge in [0.2, 0.25) is 0 Å². The predicted octanol–water partition coefficient (Wildman–Crippen LogP) is 2.60. The second-order valence-corrected chi connectivity index (χ2v) is 7.93. The molecule has 3 N–H and O–H groups in total. The van der Waals surface area contributed by atoms with Gasteiger partial charge < -0.3 is 15.6 Å². The molecule has 0 aliphatic carbocycles. The molecule has 2 heterocycles. The molecule has 1 aromatic heterocycles.